The molecule has 1 saturated heterocycles. The number of fused-ring (bicyclic) bond motifs is 1. The van der Waals surface area contributed by atoms with Crippen LogP contribution in [0.4, 0.5) is 5.69 Å². The van der Waals surface area contributed by atoms with Crippen LogP contribution in [0.25, 0.3) is 0 Å². The van der Waals surface area contributed by atoms with Gasteiger partial charge in [0.1, 0.15) is 5.75 Å². The van der Waals surface area contributed by atoms with Gasteiger partial charge in [-0.3, -0.25) is 4.79 Å². The third kappa shape index (κ3) is 1.92. The number of carbonyl (C=O) groups is 1. The lowest BCUT2D eigenvalue weighted by atomic mass is 9.99. The van der Waals surface area contributed by atoms with Crippen molar-refractivity contribution in [3.8, 4) is 5.75 Å². The van der Waals surface area contributed by atoms with Gasteiger partial charge in [0, 0.05) is 30.4 Å². The predicted octanol–water partition coefficient (Wildman–Crippen LogP) is 3.11. The maximum Gasteiger partial charge on any atom is 0.318 e. The van der Waals surface area contributed by atoms with E-state index in [-0.39, 0.29) is 11.9 Å². The van der Waals surface area contributed by atoms with E-state index in [1.807, 2.05) is 6.92 Å². The Labute approximate surface area is 114 Å². The maximum absolute atomic E-state index is 11.6. The zero-order chi connectivity index (χ0) is 13.7. The number of rotatable bonds is 1. The highest BCUT2D eigenvalue weighted by molar-refractivity contribution is 5.86. The molecule has 3 rings (SSSR count). The molecule has 0 N–H and O–H groups in total. The number of nitrogens with zero attached hydrogens (tertiary/aromatic N) is 1. The van der Waals surface area contributed by atoms with Gasteiger partial charge in [-0.05, 0) is 37.3 Å². The molecule has 1 fully saturated rings. The Morgan fingerprint density at radius 3 is 2.42 bits per heavy atom. The summed E-state index contributed by atoms with van der Waals surface area (Å²) >= 11 is 0. The van der Waals surface area contributed by atoms with Crippen molar-refractivity contribution in [2.75, 3.05) is 18.0 Å². The Balaban J connectivity index is 1.97. The van der Waals surface area contributed by atoms with Crippen molar-refractivity contribution in [1.29, 1.82) is 0 Å². The summed E-state index contributed by atoms with van der Waals surface area (Å²) in [5, 5.41) is 0. The van der Waals surface area contributed by atoms with Crippen molar-refractivity contribution >= 4 is 11.7 Å². The maximum atomic E-state index is 11.6. The van der Waals surface area contributed by atoms with Crippen molar-refractivity contribution in [3.63, 3.8) is 0 Å². The molecule has 2 aliphatic heterocycles. The van der Waals surface area contributed by atoms with Gasteiger partial charge in [-0.1, -0.05) is 13.8 Å². The molecule has 0 saturated carbocycles. The monoisotopic (exact) mass is 259 g/mol. The van der Waals surface area contributed by atoms with Crippen molar-refractivity contribution in [1.82, 2.24) is 0 Å². The van der Waals surface area contributed by atoms with Gasteiger partial charge in [0.15, 0.2) is 0 Å². The molecule has 0 amide bonds. The van der Waals surface area contributed by atoms with Gasteiger partial charge in [-0.25, -0.2) is 0 Å². The van der Waals surface area contributed by atoms with Crippen LogP contribution in [0.2, 0.25) is 0 Å². The lowest BCUT2D eigenvalue weighted by molar-refractivity contribution is -0.133. The molecule has 1 aromatic carbocycles. The molecule has 0 radical (unpaired) electrons. The summed E-state index contributed by atoms with van der Waals surface area (Å²) in [6.07, 6.45) is 0. The summed E-state index contributed by atoms with van der Waals surface area (Å²) in [6, 6.07) is 4.17. The lowest BCUT2D eigenvalue weighted by Crippen LogP contribution is -2.20. The number of anilines is 1. The molecule has 2 heterocycles. The van der Waals surface area contributed by atoms with Crippen LogP contribution in [0, 0.1) is 18.8 Å². The highest BCUT2D eigenvalue weighted by Gasteiger charge is 2.32. The number of hydrogen-bond acceptors (Lipinski definition) is 3. The van der Waals surface area contributed by atoms with Gasteiger partial charge >= 0.3 is 5.97 Å². The zero-order valence-corrected chi connectivity index (χ0v) is 12.1. The molecular weight excluding hydrogens is 238 g/mol. The minimum Gasteiger partial charge on any atom is -0.426 e. The van der Waals surface area contributed by atoms with E-state index in [9.17, 15) is 4.79 Å². The molecule has 0 aromatic heterocycles. The molecule has 3 heteroatoms. The second-order valence-electron chi connectivity index (χ2n) is 6.18. The second-order valence-corrected chi connectivity index (χ2v) is 6.18. The average Bonchev–Trinajstić information content (AvgIpc) is 2.82. The lowest BCUT2D eigenvalue weighted by Gasteiger charge is -2.21. The van der Waals surface area contributed by atoms with Crippen LogP contribution in [0.1, 0.15) is 37.8 Å². The van der Waals surface area contributed by atoms with Crippen molar-refractivity contribution in [3.05, 3.63) is 23.3 Å². The fourth-order valence-electron chi connectivity index (χ4n) is 3.12. The van der Waals surface area contributed by atoms with Crippen molar-refractivity contribution < 1.29 is 9.53 Å². The SMILES string of the molecule is Cc1cc2c(cc1N1C[C@@H](C)[C@@H](C)C1)OC(=O)C2C. The third-order valence-electron chi connectivity index (χ3n) is 4.69. The first-order chi connectivity index (χ1) is 8.97. The number of carbonyl (C=O) groups excluding carboxylic acids is 1. The van der Waals surface area contributed by atoms with E-state index in [0.717, 1.165) is 24.4 Å². The standard InChI is InChI=1S/C16H21NO2/c1-9-5-13-12(4)16(18)19-15(13)6-14(9)17-7-10(2)11(3)8-17/h5-6,10-12H,7-8H2,1-4H3/t10-,11+,12?. The Bertz CT molecular complexity index is 528. The van der Waals surface area contributed by atoms with Crippen LogP contribution in [0.15, 0.2) is 12.1 Å². The number of ether oxygens (including phenoxy) is 1. The fraction of sp³-hybridized carbons (Fsp3) is 0.562. The summed E-state index contributed by atoms with van der Waals surface area (Å²) in [5.74, 6) is 1.93. The molecule has 0 aliphatic carbocycles. The summed E-state index contributed by atoms with van der Waals surface area (Å²) < 4.78 is 5.36. The van der Waals surface area contributed by atoms with E-state index >= 15 is 0 Å². The smallest absolute Gasteiger partial charge is 0.318 e. The van der Waals surface area contributed by atoms with E-state index in [1.54, 1.807) is 0 Å². The van der Waals surface area contributed by atoms with Gasteiger partial charge in [0.25, 0.3) is 0 Å². The van der Waals surface area contributed by atoms with Crippen molar-refractivity contribution in [2.45, 2.75) is 33.6 Å². The van der Waals surface area contributed by atoms with E-state index in [0.29, 0.717) is 11.8 Å². The molecule has 1 unspecified atom stereocenters. The molecule has 1 aromatic rings. The summed E-state index contributed by atoms with van der Waals surface area (Å²) in [6.45, 7) is 10.8. The number of aryl methyl sites for hydroxylation is 1. The number of hydrogen-bond donors (Lipinski definition) is 0. The molecule has 2 aliphatic rings. The summed E-state index contributed by atoms with van der Waals surface area (Å²) in [4.78, 5) is 14.1. The van der Waals surface area contributed by atoms with Gasteiger partial charge in [0.05, 0.1) is 5.92 Å². The first-order valence-electron chi connectivity index (χ1n) is 7.08. The Hall–Kier alpha value is -1.51. The molecular formula is C16H21NO2. The van der Waals surface area contributed by atoms with E-state index in [4.69, 9.17) is 4.74 Å². The largest absolute Gasteiger partial charge is 0.426 e. The predicted molar refractivity (Wildman–Crippen MR) is 75.8 cm³/mol. The fourth-order valence-corrected chi connectivity index (χ4v) is 3.12. The van der Waals surface area contributed by atoms with E-state index in [2.05, 4.69) is 37.8 Å². The van der Waals surface area contributed by atoms with Crippen molar-refractivity contribution in [2.24, 2.45) is 11.8 Å². The van der Waals surface area contributed by atoms with Gasteiger partial charge < -0.3 is 9.64 Å². The van der Waals surface area contributed by atoms with Crippen LogP contribution in [-0.4, -0.2) is 19.1 Å². The average molecular weight is 259 g/mol. The molecule has 19 heavy (non-hydrogen) atoms. The molecule has 3 nitrogen and oxygen atoms in total. The minimum absolute atomic E-state index is 0.126. The molecule has 3 atom stereocenters. The first-order valence-corrected chi connectivity index (χ1v) is 7.08. The van der Waals surface area contributed by atoms with Gasteiger partial charge in [0.2, 0.25) is 0 Å². The first kappa shape index (κ1) is 12.5. The Morgan fingerprint density at radius 2 is 1.79 bits per heavy atom. The molecule has 0 spiro atoms. The van der Waals surface area contributed by atoms with E-state index < -0.39 is 0 Å². The normalized spacial score (nSPS) is 29.6. The quantitative estimate of drug-likeness (QED) is 0.573. The van der Waals surface area contributed by atoms with Gasteiger partial charge in [-0.15, -0.1) is 0 Å². The van der Waals surface area contributed by atoms with E-state index in [1.165, 1.54) is 11.3 Å². The summed E-state index contributed by atoms with van der Waals surface area (Å²) in [5.41, 5.74) is 3.49. The highest BCUT2D eigenvalue weighted by atomic mass is 16.5. The van der Waals surface area contributed by atoms with Crippen LogP contribution in [0.3, 0.4) is 0 Å². The second kappa shape index (κ2) is 4.26. The Morgan fingerprint density at radius 1 is 1.16 bits per heavy atom. The van der Waals surface area contributed by atoms with Crippen LogP contribution >= 0.6 is 0 Å². The minimum atomic E-state index is -0.130. The number of esters is 1. The topological polar surface area (TPSA) is 29.5 Å². The third-order valence-corrected chi connectivity index (χ3v) is 4.69. The van der Waals surface area contributed by atoms with Crippen LogP contribution in [-0.2, 0) is 4.79 Å². The Kier molecular flexibility index (Phi) is 2.80. The number of benzene rings is 1. The molecule has 102 valence electrons. The summed E-state index contributed by atoms with van der Waals surface area (Å²) in [7, 11) is 0. The van der Waals surface area contributed by atoms with Crippen LogP contribution in [0.5, 0.6) is 5.75 Å². The van der Waals surface area contributed by atoms with Gasteiger partial charge in [-0.2, -0.15) is 0 Å². The highest BCUT2D eigenvalue weighted by Crippen LogP contribution is 2.40. The van der Waals surface area contributed by atoms with Crippen LogP contribution < -0.4 is 9.64 Å². The zero-order valence-electron chi connectivity index (χ0n) is 12.1. The molecule has 0 bridgehead atoms.